The van der Waals surface area contributed by atoms with Gasteiger partial charge in [-0.1, -0.05) is 26.0 Å². The highest BCUT2D eigenvalue weighted by Crippen LogP contribution is 2.38. The van der Waals surface area contributed by atoms with Crippen molar-refractivity contribution in [2.24, 2.45) is 0 Å². The van der Waals surface area contributed by atoms with Crippen molar-refractivity contribution < 1.29 is 23.1 Å². The summed E-state index contributed by atoms with van der Waals surface area (Å²) >= 11 is 0. The Morgan fingerprint density at radius 2 is 1.38 bits per heavy atom. The third kappa shape index (κ3) is 4.97. The van der Waals surface area contributed by atoms with Crippen molar-refractivity contribution in [2.75, 3.05) is 0 Å². The highest BCUT2D eigenvalue weighted by molar-refractivity contribution is 5.94. The van der Waals surface area contributed by atoms with Gasteiger partial charge in [0.15, 0.2) is 5.60 Å². The molecule has 6 heteroatoms. The molecule has 0 heterocycles. The van der Waals surface area contributed by atoms with Gasteiger partial charge in [-0.05, 0) is 52.3 Å². The maximum Gasteiger partial charge on any atom is 0.421 e. The van der Waals surface area contributed by atoms with E-state index in [0.717, 1.165) is 12.1 Å². The maximum absolute atomic E-state index is 12.8. The molecule has 0 aliphatic carbocycles. The molecule has 1 atom stereocenters. The number of rotatable bonds is 4. The van der Waals surface area contributed by atoms with Crippen LogP contribution >= 0.6 is 0 Å². The highest BCUT2D eigenvalue weighted by Gasteiger charge is 2.51. The van der Waals surface area contributed by atoms with Crippen molar-refractivity contribution in [3.8, 4) is 0 Å². The van der Waals surface area contributed by atoms with Gasteiger partial charge in [-0.25, -0.2) is 0 Å². The van der Waals surface area contributed by atoms with Crippen LogP contribution in [0, 0.1) is 0 Å². The van der Waals surface area contributed by atoms with E-state index >= 15 is 0 Å². The van der Waals surface area contributed by atoms with E-state index in [1.165, 1.54) is 12.1 Å². The molecule has 0 bridgehead atoms. The molecule has 24 heavy (non-hydrogen) atoms. The molecule has 0 aliphatic rings. The molecule has 1 N–H and O–H groups in total. The van der Waals surface area contributed by atoms with Gasteiger partial charge in [-0.3, -0.25) is 4.79 Å². The first kappa shape index (κ1) is 22.4. The van der Waals surface area contributed by atoms with Gasteiger partial charge >= 0.3 is 6.18 Å². The Morgan fingerprint density at radius 1 is 1.00 bits per heavy atom. The van der Waals surface area contributed by atoms with Crippen LogP contribution < -0.4 is 0 Å². The van der Waals surface area contributed by atoms with Crippen molar-refractivity contribution in [2.45, 2.75) is 72.3 Å². The summed E-state index contributed by atoms with van der Waals surface area (Å²) in [7, 11) is 0. The van der Waals surface area contributed by atoms with Crippen molar-refractivity contribution in [1.82, 2.24) is 4.90 Å². The minimum atomic E-state index is -4.78. The number of benzene rings is 1. The molecule has 0 saturated carbocycles. The molecular weight excluding hydrogens is 319 g/mol. The fourth-order valence-electron chi connectivity index (χ4n) is 2.32. The van der Waals surface area contributed by atoms with E-state index in [2.05, 4.69) is 0 Å². The monoisotopic (exact) mass is 347 g/mol. The van der Waals surface area contributed by atoms with E-state index in [-0.39, 0.29) is 23.6 Å². The van der Waals surface area contributed by atoms with E-state index < -0.39 is 11.8 Å². The van der Waals surface area contributed by atoms with Crippen LogP contribution in [0.4, 0.5) is 13.2 Å². The average molecular weight is 347 g/mol. The van der Waals surface area contributed by atoms with Gasteiger partial charge in [-0.2, -0.15) is 13.2 Å². The van der Waals surface area contributed by atoms with E-state index in [0.29, 0.717) is 12.5 Å². The van der Waals surface area contributed by atoms with Gasteiger partial charge in [-0.15, -0.1) is 0 Å². The molecule has 1 aromatic rings. The minimum Gasteiger partial charge on any atom is -0.376 e. The SMILES string of the molecule is CC.CC(C)N(C(=O)c1ccc(C(C)(O)C(F)(F)F)cc1)C(C)C. The Morgan fingerprint density at radius 3 is 1.67 bits per heavy atom. The van der Waals surface area contributed by atoms with Crippen LogP contribution in [0.3, 0.4) is 0 Å². The predicted octanol–water partition coefficient (Wildman–Crippen LogP) is 4.74. The maximum atomic E-state index is 12.8. The Kier molecular flexibility index (Phi) is 7.96. The molecule has 138 valence electrons. The fraction of sp³-hybridized carbons (Fsp3) is 0.611. The van der Waals surface area contributed by atoms with Crippen molar-refractivity contribution in [3.05, 3.63) is 35.4 Å². The normalized spacial score (nSPS) is 14.0. The second-order valence-corrected chi connectivity index (χ2v) is 6.05. The van der Waals surface area contributed by atoms with Gasteiger partial charge in [0.2, 0.25) is 0 Å². The third-order valence-corrected chi connectivity index (χ3v) is 3.59. The Hall–Kier alpha value is -1.56. The van der Waals surface area contributed by atoms with E-state index in [1.807, 2.05) is 41.5 Å². The lowest BCUT2D eigenvalue weighted by atomic mass is 9.94. The summed E-state index contributed by atoms with van der Waals surface area (Å²) in [6, 6.07) is 4.86. The van der Waals surface area contributed by atoms with Crippen LogP contribution in [-0.2, 0) is 5.60 Å². The van der Waals surface area contributed by atoms with Crippen LogP contribution in [-0.4, -0.2) is 34.2 Å². The number of carbonyl (C=O) groups excluding carboxylic acids is 1. The van der Waals surface area contributed by atoms with Gasteiger partial charge in [0.1, 0.15) is 0 Å². The summed E-state index contributed by atoms with van der Waals surface area (Å²) in [5, 5.41) is 9.62. The molecule has 1 amide bonds. The number of carbonyl (C=O) groups is 1. The first-order chi connectivity index (χ1) is 10.9. The summed E-state index contributed by atoms with van der Waals surface area (Å²) in [6.45, 7) is 12.2. The second kappa shape index (κ2) is 8.51. The summed E-state index contributed by atoms with van der Waals surface area (Å²) in [6.07, 6.45) is -4.78. The zero-order valence-electron chi connectivity index (χ0n) is 15.4. The molecular formula is C18H28F3NO2. The topological polar surface area (TPSA) is 40.5 Å². The van der Waals surface area contributed by atoms with E-state index in [1.54, 1.807) is 4.90 Å². The van der Waals surface area contributed by atoms with E-state index in [4.69, 9.17) is 0 Å². The summed E-state index contributed by atoms with van der Waals surface area (Å²) in [5.74, 6) is -0.247. The molecule has 1 rings (SSSR count). The van der Waals surface area contributed by atoms with E-state index in [9.17, 15) is 23.1 Å². The highest BCUT2D eigenvalue weighted by atomic mass is 19.4. The molecule has 0 aromatic heterocycles. The van der Waals surface area contributed by atoms with Crippen LogP contribution in [0.15, 0.2) is 24.3 Å². The van der Waals surface area contributed by atoms with Crippen molar-refractivity contribution in [1.29, 1.82) is 0 Å². The first-order valence-corrected chi connectivity index (χ1v) is 8.12. The Bertz CT molecular complexity index is 512. The zero-order valence-corrected chi connectivity index (χ0v) is 15.4. The molecule has 0 fully saturated rings. The van der Waals surface area contributed by atoms with Gasteiger partial charge in [0, 0.05) is 17.6 Å². The molecule has 0 spiro atoms. The third-order valence-electron chi connectivity index (χ3n) is 3.59. The minimum absolute atomic E-state index is 0.0227. The van der Waals surface area contributed by atoms with Crippen LogP contribution in [0.5, 0.6) is 0 Å². The number of hydrogen-bond donors (Lipinski definition) is 1. The van der Waals surface area contributed by atoms with Gasteiger partial charge in [0.25, 0.3) is 5.91 Å². The predicted molar refractivity (Wildman–Crippen MR) is 89.9 cm³/mol. The van der Waals surface area contributed by atoms with Crippen LogP contribution in [0.1, 0.15) is 64.4 Å². The second-order valence-electron chi connectivity index (χ2n) is 6.05. The number of hydrogen-bond acceptors (Lipinski definition) is 2. The molecule has 0 radical (unpaired) electrons. The molecule has 1 unspecified atom stereocenters. The van der Waals surface area contributed by atoms with Crippen molar-refractivity contribution >= 4 is 5.91 Å². The number of amides is 1. The van der Waals surface area contributed by atoms with Crippen LogP contribution in [0.25, 0.3) is 0 Å². The number of nitrogens with zero attached hydrogens (tertiary/aromatic N) is 1. The summed E-state index contributed by atoms with van der Waals surface area (Å²) in [4.78, 5) is 14.1. The Labute approximate surface area is 142 Å². The van der Waals surface area contributed by atoms with Crippen LogP contribution in [0.2, 0.25) is 0 Å². The van der Waals surface area contributed by atoms with Crippen molar-refractivity contribution in [3.63, 3.8) is 0 Å². The summed E-state index contributed by atoms with van der Waals surface area (Å²) in [5.41, 5.74) is -2.94. The fourth-order valence-corrected chi connectivity index (χ4v) is 2.32. The Balaban J connectivity index is 0.00000254. The molecule has 0 aliphatic heterocycles. The largest absolute Gasteiger partial charge is 0.421 e. The number of aliphatic hydroxyl groups is 1. The average Bonchev–Trinajstić information content (AvgIpc) is 2.47. The molecule has 1 aromatic carbocycles. The quantitative estimate of drug-likeness (QED) is 0.854. The lowest BCUT2D eigenvalue weighted by Crippen LogP contribution is -2.42. The van der Waals surface area contributed by atoms with Gasteiger partial charge in [0.05, 0.1) is 0 Å². The lowest BCUT2D eigenvalue weighted by Gasteiger charge is -2.31. The zero-order chi connectivity index (χ0) is 19.3. The number of halogens is 3. The molecule has 0 saturated heterocycles. The number of alkyl halides is 3. The summed E-state index contributed by atoms with van der Waals surface area (Å²) < 4.78 is 38.4. The molecule has 3 nitrogen and oxygen atoms in total. The lowest BCUT2D eigenvalue weighted by molar-refractivity contribution is -0.258. The van der Waals surface area contributed by atoms with Gasteiger partial charge < -0.3 is 10.0 Å². The standard InChI is InChI=1S/C16H22F3NO2.C2H6/c1-10(2)20(11(3)4)14(21)12-6-8-13(9-7-12)15(5,22)16(17,18)19;1-2/h6-11,22H,1-5H3;1-2H3. The first-order valence-electron chi connectivity index (χ1n) is 8.12. The smallest absolute Gasteiger partial charge is 0.376 e.